The molecule has 0 spiro atoms. The van der Waals surface area contributed by atoms with Gasteiger partial charge in [0.05, 0.1) is 18.6 Å². The first-order valence-corrected chi connectivity index (χ1v) is 6.34. The molecule has 0 heterocycles. The molecule has 0 amide bonds. The Balaban J connectivity index is 2.79. The highest BCUT2D eigenvalue weighted by atomic mass is 35.5. The number of rotatable bonds is 5. The van der Waals surface area contributed by atoms with Crippen molar-refractivity contribution in [3.63, 3.8) is 0 Å². The summed E-state index contributed by atoms with van der Waals surface area (Å²) in [6, 6.07) is 7.19. The summed E-state index contributed by atoms with van der Waals surface area (Å²) < 4.78 is 4.82. The first kappa shape index (κ1) is 14.8. The largest absolute Gasteiger partial charge is 0.466 e. The molecule has 0 fully saturated rings. The quantitative estimate of drug-likeness (QED) is 0.770. The molecule has 0 saturated heterocycles. The van der Waals surface area contributed by atoms with Crippen molar-refractivity contribution in [3.8, 4) is 6.07 Å². The topological polar surface area (TPSA) is 50.1 Å². The van der Waals surface area contributed by atoms with Crippen LogP contribution in [0.1, 0.15) is 31.2 Å². The Morgan fingerprint density at radius 2 is 2.06 bits per heavy atom. The Morgan fingerprint density at radius 3 is 2.56 bits per heavy atom. The standard InChI is InChI=1S/C13H13Cl2NO2/c1-2-18-12(17)7-6-9(8-16)13-10(14)4-3-5-11(13)15/h3-5,9H,2,6-7H2,1H3. The molecule has 1 atom stereocenters. The van der Waals surface area contributed by atoms with Gasteiger partial charge in [-0.2, -0.15) is 5.26 Å². The van der Waals surface area contributed by atoms with Gasteiger partial charge in [0.15, 0.2) is 0 Å². The van der Waals surface area contributed by atoms with E-state index in [9.17, 15) is 4.79 Å². The fraction of sp³-hybridized carbons (Fsp3) is 0.385. The van der Waals surface area contributed by atoms with Crippen molar-refractivity contribution in [2.24, 2.45) is 0 Å². The Labute approximate surface area is 116 Å². The van der Waals surface area contributed by atoms with E-state index in [1.807, 2.05) is 0 Å². The van der Waals surface area contributed by atoms with Crippen molar-refractivity contribution in [2.45, 2.75) is 25.7 Å². The summed E-state index contributed by atoms with van der Waals surface area (Å²) in [7, 11) is 0. The minimum absolute atomic E-state index is 0.174. The first-order chi connectivity index (χ1) is 8.60. The Morgan fingerprint density at radius 1 is 1.44 bits per heavy atom. The third-order valence-electron chi connectivity index (χ3n) is 2.45. The van der Waals surface area contributed by atoms with Gasteiger partial charge >= 0.3 is 5.97 Å². The predicted octanol–water partition coefficient (Wildman–Crippen LogP) is 3.94. The molecule has 1 aromatic rings. The number of halogens is 2. The van der Waals surface area contributed by atoms with Gasteiger partial charge in [-0.05, 0) is 25.5 Å². The second kappa shape index (κ2) is 7.25. The van der Waals surface area contributed by atoms with Gasteiger partial charge in [0.25, 0.3) is 0 Å². The smallest absolute Gasteiger partial charge is 0.305 e. The number of carbonyl (C=O) groups is 1. The molecule has 1 unspecified atom stereocenters. The van der Waals surface area contributed by atoms with Crippen molar-refractivity contribution in [2.75, 3.05) is 6.61 Å². The van der Waals surface area contributed by atoms with E-state index in [4.69, 9.17) is 33.2 Å². The molecule has 0 aliphatic rings. The normalized spacial score (nSPS) is 11.7. The summed E-state index contributed by atoms with van der Waals surface area (Å²) in [5, 5.41) is 10.0. The fourth-order valence-corrected chi connectivity index (χ4v) is 2.27. The lowest BCUT2D eigenvalue weighted by Gasteiger charge is -2.12. The van der Waals surface area contributed by atoms with E-state index in [-0.39, 0.29) is 12.4 Å². The number of hydrogen-bond acceptors (Lipinski definition) is 3. The molecule has 0 N–H and O–H groups in total. The van der Waals surface area contributed by atoms with Crippen LogP contribution in [-0.2, 0) is 9.53 Å². The predicted molar refractivity (Wildman–Crippen MR) is 70.7 cm³/mol. The van der Waals surface area contributed by atoms with Gasteiger partial charge in [0.2, 0.25) is 0 Å². The Kier molecular flexibility index (Phi) is 5.97. The third-order valence-corrected chi connectivity index (χ3v) is 3.11. The molecule has 3 nitrogen and oxygen atoms in total. The van der Waals surface area contributed by atoms with Crippen LogP contribution in [0.4, 0.5) is 0 Å². The number of benzene rings is 1. The maximum Gasteiger partial charge on any atom is 0.305 e. The molecule has 96 valence electrons. The van der Waals surface area contributed by atoms with Crippen LogP contribution >= 0.6 is 23.2 Å². The van der Waals surface area contributed by atoms with E-state index >= 15 is 0 Å². The number of ether oxygens (including phenoxy) is 1. The maximum absolute atomic E-state index is 11.3. The van der Waals surface area contributed by atoms with Crippen LogP contribution in [-0.4, -0.2) is 12.6 Å². The summed E-state index contributed by atoms with van der Waals surface area (Å²) in [4.78, 5) is 11.3. The van der Waals surface area contributed by atoms with E-state index in [0.29, 0.717) is 28.6 Å². The molecular weight excluding hydrogens is 273 g/mol. The van der Waals surface area contributed by atoms with Gasteiger partial charge in [-0.25, -0.2) is 0 Å². The summed E-state index contributed by atoms with van der Waals surface area (Å²) >= 11 is 12.1. The maximum atomic E-state index is 11.3. The zero-order chi connectivity index (χ0) is 13.5. The lowest BCUT2D eigenvalue weighted by Crippen LogP contribution is -2.07. The number of carbonyl (C=O) groups excluding carboxylic acids is 1. The fourth-order valence-electron chi connectivity index (χ4n) is 1.61. The summed E-state index contributed by atoms with van der Waals surface area (Å²) in [5.41, 5.74) is 0.577. The van der Waals surface area contributed by atoms with Crippen LogP contribution < -0.4 is 0 Å². The minimum Gasteiger partial charge on any atom is -0.466 e. The number of nitrogens with zero attached hydrogens (tertiary/aromatic N) is 1. The number of esters is 1. The highest BCUT2D eigenvalue weighted by Crippen LogP contribution is 2.33. The molecule has 0 saturated carbocycles. The van der Waals surface area contributed by atoms with E-state index < -0.39 is 5.92 Å². The van der Waals surface area contributed by atoms with Crippen molar-refractivity contribution in [1.82, 2.24) is 0 Å². The van der Waals surface area contributed by atoms with Crippen LogP contribution in [0.2, 0.25) is 10.0 Å². The van der Waals surface area contributed by atoms with Gasteiger partial charge in [-0.1, -0.05) is 29.3 Å². The molecule has 18 heavy (non-hydrogen) atoms. The molecule has 0 bridgehead atoms. The van der Waals surface area contributed by atoms with E-state index in [2.05, 4.69) is 6.07 Å². The second-order valence-corrected chi connectivity index (χ2v) is 4.48. The van der Waals surface area contributed by atoms with Gasteiger partial charge in [0, 0.05) is 22.0 Å². The van der Waals surface area contributed by atoms with E-state index in [1.165, 1.54) is 0 Å². The molecule has 1 rings (SSSR count). The second-order valence-electron chi connectivity index (χ2n) is 3.66. The molecule has 0 radical (unpaired) electrons. The Hall–Kier alpha value is -1.24. The van der Waals surface area contributed by atoms with Gasteiger partial charge in [-0.15, -0.1) is 0 Å². The van der Waals surface area contributed by atoms with Gasteiger partial charge < -0.3 is 4.74 Å². The number of hydrogen-bond donors (Lipinski definition) is 0. The highest BCUT2D eigenvalue weighted by molar-refractivity contribution is 6.36. The van der Waals surface area contributed by atoms with Crippen LogP contribution in [0.15, 0.2) is 18.2 Å². The average Bonchev–Trinajstić information content (AvgIpc) is 2.33. The average molecular weight is 286 g/mol. The molecule has 1 aromatic carbocycles. The zero-order valence-electron chi connectivity index (χ0n) is 9.95. The third kappa shape index (κ3) is 3.90. The molecule has 0 aromatic heterocycles. The van der Waals surface area contributed by atoms with Gasteiger partial charge in [0.1, 0.15) is 0 Å². The lowest BCUT2D eigenvalue weighted by atomic mass is 9.95. The molecule has 5 heteroatoms. The van der Waals surface area contributed by atoms with Crippen LogP contribution in [0, 0.1) is 11.3 Å². The SMILES string of the molecule is CCOC(=O)CCC(C#N)c1c(Cl)cccc1Cl. The summed E-state index contributed by atoms with van der Waals surface area (Å²) in [6.45, 7) is 2.08. The van der Waals surface area contributed by atoms with E-state index in [1.54, 1.807) is 25.1 Å². The monoisotopic (exact) mass is 285 g/mol. The van der Waals surface area contributed by atoms with Crippen LogP contribution in [0.5, 0.6) is 0 Å². The lowest BCUT2D eigenvalue weighted by molar-refractivity contribution is -0.143. The van der Waals surface area contributed by atoms with Gasteiger partial charge in [-0.3, -0.25) is 4.79 Å². The summed E-state index contributed by atoms with van der Waals surface area (Å²) in [6.07, 6.45) is 0.520. The highest BCUT2D eigenvalue weighted by Gasteiger charge is 2.19. The van der Waals surface area contributed by atoms with Crippen molar-refractivity contribution in [3.05, 3.63) is 33.8 Å². The molecule has 0 aliphatic heterocycles. The zero-order valence-corrected chi connectivity index (χ0v) is 11.5. The molecule has 0 aliphatic carbocycles. The molecular formula is C13H13Cl2NO2. The van der Waals surface area contributed by atoms with Crippen molar-refractivity contribution < 1.29 is 9.53 Å². The van der Waals surface area contributed by atoms with Crippen LogP contribution in [0.25, 0.3) is 0 Å². The van der Waals surface area contributed by atoms with Crippen molar-refractivity contribution >= 4 is 29.2 Å². The first-order valence-electron chi connectivity index (χ1n) is 5.59. The summed E-state index contributed by atoms with van der Waals surface area (Å²) in [5.74, 6) is -0.823. The van der Waals surface area contributed by atoms with E-state index in [0.717, 1.165) is 0 Å². The Bertz CT molecular complexity index is 448. The van der Waals surface area contributed by atoms with Crippen LogP contribution in [0.3, 0.4) is 0 Å². The minimum atomic E-state index is -0.504. The van der Waals surface area contributed by atoms with Crippen molar-refractivity contribution in [1.29, 1.82) is 5.26 Å². The number of nitriles is 1.